The van der Waals surface area contributed by atoms with E-state index in [0.29, 0.717) is 30.0 Å². The maximum absolute atomic E-state index is 12.0. The maximum Gasteiger partial charge on any atom is 1.00 e. The molecule has 0 aliphatic heterocycles. The van der Waals surface area contributed by atoms with E-state index in [1.807, 2.05) is 13.0 Å². The van der Waals surface area contributed by atoms with Gasteiger partial charge in [-0.3, -0.25) is 4.79 Å². The first-order valence-electron chi connectivity index (χ1n) is 11.1. The minimum absolute atomic E-state index is 0. The number of hydrogen-bond donors (Lipinski definition) is 0. The number of carbonyl (C=O) groups is 1. The van der Waals surface area contributed by atoms with Crippen LogP contribution in [-0.2, 0) is 18.7 Å². The molecule has 0 aromatic rings. The summed E-state index contributed by atoms with van der Waals surface area (Å²) in [6.45, 7) is 6.02. The molecule has 4 aliphatic rings. The molecule has 0 N–H and O–H groups in total. The van der Waals surface area contributed by atoms with Crippen molar-refractivity contribution in [1.82, 2.24) is 0 Å². The predicted octanol–water partition coefficient (Wildman–Crippen LogP) is -2.66. The fourth-order valence-electron chi connectivity index (χ4n) is 7.53. The predicted molar refractivity (Wildman–Crippen MR) is 108 cm³/mol. The van der Waals surface area contributed by atoms with Crippen LogP contribution in [0.4, 0.5) is 0 Å². The Kier molecular flexibility index (Phi) is 9.99. The van der Waals surface area contributed by atoms with E-state index in [2.05, 4.69) is 23.5 Å². The van der Waals surface area contributed by atoms with Gasteiger partial charge >= 0.3 is 59.1 Å². The number of nitrogens with zero attached hydrogens (tertiary/aromatic N) is 1. The summed E-state index contributed by atoms with van der Waals surface area (Å²) < 4.78 is 14.6. The maximum atomic E-state index is 12.0. The molecule has 0 aromatic carbocycles. The topological polar surface area (TPSA) is 111 Å². The second kappa shape index (κ2) is 10.9. The van der Waals surface area contributed by atoms with Crippen molar-refractivity contribution in [3.8, 4) is 0 Å². The van der Waals surface area contributed by atoms with Gasteiger partial charge in [-0.25, -0.2) is 0 Å². The van der Waals surface area contributed by atoms with E-state index in [1.165, 1.54) is 12.0 Å². The number of phosphoric acid groups is 1. The van der Waals surface area contributed by atoms with E-state index in [-0.39, 0.29) is 75.9 Å². The van der Waals surface area contributed by atoms with Gasteiger partial charge in [0.1, 0.15) is 0 Å². The van der Waals surface area contributed by atoms with E-state index in [0.717, 1.165) is 44.2 Å². The summed E-state index contributed by atoms with van der Waals surface area (Å²) in [6, 6.07) is 0. The van der Waals surface area contributed by atoms with Gasteiger partial charge in [-0.05, 0) is 86.5 Å². The van der Waals surface area contributed by atoms with Crippen LogP contribution in [-0.4, -0.2) is 18.3 Å². The number of phosphoric ester groups is 1. The summed E-state index contributed by atoms with van der Waals surface area (Å²) in [5, 5.41) is 4.08. The van der Waals surface area contributed by atoms with E-state index >= 15 is 0 Å². The zero-order chi connectivity index (χ0) is 21.7. The molecule has 10 heteroatoms. The second-order valence-corrected chi connectivity index (χ2v) is 11.4. The van der Waals surface area contributed by atoms with Crippen molar-refractivity contribution >= 4 is 19.3 Å². The van der Waals surface area contributed by atoms with Crippen LogP contribution in [0.3, 0.4) is 0 Å². The fraction of sp³-hybridized carbons (Fsp3) is 0.818. The Labute approximate surface area is 235 Å². The average molecular weight is 483 g/mol. The second-order valence-electron chi connectivity index (χ2n) is 10.2. The van der Waals surface area contributed by atoms with Crippen LogP contribution in [0.15, 0.2) is 16.8 Å². The van der Waals surface area contributed by atoms with Crippen molar-refractivity contribution in [2.24, 2.45) is 39.7 Å². The molecule has 4 rings (SSSR count). The third kappa shape index (κ3) is 5.53. The van der Waals surface area contributed by atoms with Crippen LogP contribution >= 0.6 is 7.82 Å². The number of fused-ring (bicyclic) bond motifs is 5. The quantitative estimate of drug-likeness (QED) is 0.105. The van der Waals surface area contributed by atoms with E-state index in [4.69, 9.17) is 4.84 Å². The van der Waals surface area contributed by atoms with Gasteiger partial charge in [-0.15, -0.1) is 0 Å². The molecule has 0 heterocycles. The van der Waals surface area contributed by atoms with E-state index in [1.54, 1.807) is 0 Å². The first kappa shape index (κ1) is 29.2. The largest absolute Gasteiger partial charge is 1.00 e. The molecule has 6 atom stereocenters. The number of rotatable bonds is 5. The van der Waals surface area contributed by atoms with Gasteiger partial charge in [0.05, 0.1) is 13.5 Å². The van der Waals surface area contributed by atoms with E-state index < -0.39 is 14.6 Å². The molecule has 4 aliphatic carbocycles. The number of oxime groups is 1. The van der Waals surface area contributed by atoms with Crippen molar-refractivity contribution in [3.05, 3.63) is 11.6 Å². The Bertz CT molecular complexity index is 829. The van der Waals surface area contributed by atoms with Gasteiger partial charge < -0.3 is 23.7 Å². The van der Waals surface area contributed by atoms with E-state index in [9.17, 15) is 19.1 Å². The first-order chi connectivity index (χ1) is 14.0. The third-order valence-electron chi connectivity index (χ3n) is 8.94. The minimum Gasteiger partial charge on any atom is -0.790 e. The third-order valence-corrected chi connectivity index (χ3v) is 9.36. The van der Waals surface area contributed by atoms with Gasteiger partial charge in [0.15, 0.2) is 5.78 Å². The van der Waals surface area contributed by atoms with Crippen molar-refractivity contribution in [3.63, 3.8) is 0 Å². The summed E-state index contributed by atoms with van der Waals surface area (Å²) >= 11 is 0. The number of carbonyl (C=O) groups excluding carboxylic acids is 1. The van der Waals surface area contributed by atoms with Crippen molar-refractivity contribution in [1.29, 1.82) is 0 Å². The molecule has 0 amide bonds. The van der Waals surface area contributed by atoms with Gasteiger partial charge in [0, 0.05) is 12.3 Å². The molecular formula is C22H32NNa2O6P. The standard InChI is InChI=1S/C22H34NO6P.2Na/c1-14(23-28-13-29-30(25,26)27)18-6-7-19-17-5-4-15-12-16(24)8-10-21(15,2)20(17)9-11-22(18,19)3;;/h12,17-20H,4-11,13H2,1-3H3,(H2,25,26,27);;/q;2*+1/p-2/b23-14-;;/t17-,18+,19-,20-,21-,22+;;/m0../s1. The molecule has 0 unspecified atom stereocenters. The Hall–Kier alpha value is 0.990. The Morgan fingerprint density at radius 1 is 1.12 bits per heavy atom. The molecular weight excluding hydrogens is 451 g/mol. The molecule has 0 aromatic heterocycles. The number of hydrogen-bond acceptors (Lipinski definition) is 7. The van der Waals surface area contributed by atoms with Crippen molar-refractivity contribution in [2.45, 2.75) is 72.1 Å². The molecule has 0 saturated heterocycles. The zero-order valence-electron chi connectivity index (χ0n) is 20.1. The van der Waals surface area contributed by atoms with Crippen LogP contribution in [0.1, 0.15) is 72.1 Å². The van der Waals surface area contributed by atoms with Crippen LogP contribution in [0, 0.1) is 34.5 Å². The summed E-state index contributed by atoms with van der Waals surface area (Å²) in [5.74, 6) is 2.53. The number of ketones is 1. The van der Waals surface area contributed by atoms with Crippen LogP contribution in [0.25, 0.3) is 0 Å². The SMILES string of the molecule is C/C(=N/OCOP(=O)([O-])[O-])[C@H]1CC[C@H]2[C@@H]3CCC4=CC(=O)CC[C@]4(C)[C@H]3CC[C@]12C.[Na+].[Na+]. The smallest absolute Gasteiger partial charge is 0.790 e. The normalized spacial score (nSPS) is 39.0. The zero-order valence-corrected chi connectivity index (χ0v) is 25.0. The van der Waals surface area contributed by atoms with Crippen LogP contribution in [0.5, 0.6) is 0 Å². The molecule has 3 saturated carbocycles. The molecule has 0 spiro atoms. The van der Waals surface area contributed by atoms with Gasteiger partial charge in [0.25, 0.3) is 0 Å². The minimum atomic E-state index is -5.05. The van der Waals surface area contributed by atoms with Crippen molar-refractivity contribution < 1.29 is 87.6 Å². The van der Waals surface area contributed by atoms with Gasteiger partial charge in [-0.1, -0.05) is 24.6 Å². The summed E-state index contributed by atoms with van der Waals surface area (Å²) in [6.07, 6.45) is 10.3. The Balaban J connectivity index is 0.00000181. The Morgan fingerprint density at radius 2 is 1.84 bits per heavy atom. The molecule has 0 bridgehead atoms. The molecule has 32 heavy (non-hydrogen) atoms. The van der Waals surface area contributed by atoms with Crippen molar-refractivity contribution in [2.75, 3.05) is 6.79 Å². The molecule has 0 radical (unpaired) electrons. The summed E-state index contributed by atoms with van der Waals surface area (Å²) in [4.78, 5) is 38.0. The molecule has 168 valence electrons. The first-order valence-corrected chi connectivity index (χ1v) is 12.6. The monoisotopic (exact) mass is 483 g/mol. The Morgan fingerprint density at radius 3 is 2.53 bits per heavy atom. The number of allylic oxidation sites excluding steroid dienone is 1. The molecule has 3 fully saturated rings. The summed E-state index contributed by atoms with van der Waals surface area (Å²) in [5.41, 5.74) is 2.55. The van der Waals surface area contributed by atoms with Crippen LogP contribution in [0.2, 0.25) is 0 Å². The average Bonchev–Trinajstić information content (AvgIpc) is 3.02. The molecule has 7 nitrogen and oxygen atoms in total. The fourth-order valence-corrected chi connectivity index (χ4v) is 7.70. The van der Waals surface area contributed by atoms with Gasteiger partial charge in [-0.2, -0.15) is 0 Å². The van der Waals surface area contributed by atoms with Crippen LogP contribution < -0.4 is 68.9 Å². The van der Waals surface area contributed by atoms with Gasteiger partial charge in [0.2, 0.25) is 6.79 Å². The summed E-state index contributed by atoms with van der Waals surface area (Å²) in [7, 11) is -5.05.